The number of aliphatic carboxylic acids is 1. The summed E-state index contributed by atoms with van der Waals surface area (Å²) in [7, 11) is 0. The number of benzene rings is 1. The van der Waals surface area contributed by atoms with Gasteiger partial charge in [0.2, 0.25) is 0 Å². The lowest BCUT2D eigenvalue weighted by Crippen LogP contribution is -1.99. The zero-order valence-corrected chi connectivity index (χ0v) is 10.3. The van der Waals surface area contributed by atoms with Gasteiger partial charge in [-0.2, -0.15) is 0 Å². The number of hydrogen-bond acceptors (Lipinski definition) is 1. The molecule has 1 N–H and O–H groups in total. The molecule has 1 aromatic carbocycles. The number of fused-ring (bicyclic) bond motifs is 1. The fourth-order valence-electron chi connectivity index (χ4n) is 2.37. The van der Waals surface area contributed by atoms with Crippen molar-refractivity contribution in [2.45, 2.75) is 32.2 Å². The minimum Gasteiger partial charge on any atom is -0.481 e. The molecule has 0 amide bonds. The van der Waals surface area contributed by atoms with Crippen LogP contribution in [0.5, 0.6) is 0 Å². The second-order valence-electron chi connectivity index (χ2n) is 5.20. The van der Waals surface area contributed by atoms with E-state index in [9.17, 15) is 4.79 Å². The van der Waals surface area contributed by atoms with Crippen LogP contribution in [0.15, 0.2) is 30.5 Å². The van der Waals surface area contributed by atoms with Crippen molar-refractivity contribution in [3.05, 3.63) is 36.0 Å². The summed E-state index contributed by atoms with van der Waals surface area (Å²) in [5.41, 5.74) is 2.35. The van der Waals surface area contributed by atoms with Crippen LogP contribution in [0.4, 0.5) is 0 Å². The Balaban J connectivity index is 1.85. The van der Waals surface area contributed by atoms with Crippen molar-refractivity contribution in [3.8, 4) is 0 Å². The van der Waals surface area contributed by atoms with Crippen LogP contribution in [0.2, 0.25) is 0 Å². The fraction of sp³-hybridized carbons (Fsp3) is 0.400. The molecule has 94 valence electrons. The molecule has 2 aromatic rings. The molecule has 1 saturated carbocycles. The lowest BCUT2D eigenvalue weighted by Gasteiger charge is -2.05. The Bertz CT molecular complexity index is 581. The van der Waals surface area contributed by atoms with Gasteiger partial charge in [0.05, 0.1) is 0 Å². The van der Waals surface area contributed by atoms with E-state index < -0.39 is 5.97 Å². The van der Waals surface area contributed by atoms with E-state index in [0.717, 1.165) is 18.0 Å². The van der Waals surface area contributed by atoms with Crippen LogP contribution in [0.3, 0.4) is 0 Å². The topological polar surface area (TPSA) is 42.2 Å². The smallest absolute Gasteiger partial charge is 0.303 e. The Morgan fingerprint density at radius 3 is 2.89 bits per heavy atom. The maximum absolute atomic E-state index is 10.6. The van der Waals surface area contributed by atoms with Gasteiger partial charge in [-0.15, -0.1) is 0 Å². The average Bonchev–Trinajstić information content (AvgIpc) is 3.08. The molecule has 3 heteroatoms. The molecule has 1 aliphatic rings. The van der Waals surface area contributed by atoms with Gasteiger partial charge in [-0.25, -0.2) is 0 Å². The summed E-state index contributed by atoms with van der Waals surface area (Å²) in [4.78, 5) is 10.6. The lowest BCUT2D eigenvalue weighted by atomic mass is 10.1. The zero-order valence-electron chi connectivity index (χ0n) is 10.3. The van der Waals surface area contributed by atoms with Crippen molar-refractivity contribution >= 4 is 16.9 Å². The van der Waals surface area contributed by atoms with Gasteiger partial charge < -0.3 is 9.67 Å². The first-order valence-electron chi connectivity index (χ1n) is 6.52. The van der Waals surface area contributed by atoms with Crippen molar-refractivity contribution in [2.24, 2.45) is 5.92 Å². The number of carbonyl (C=O) groups is 1. The predicted octanol–water partition coefficient (Wildman–Crippen LogP) is 3.07. The summed E-state index contributed by atoms with van der Waals surface area (Å²) >= 11 is 0. The summed E-state index contributed by atoms with van der Waals surface area (Å²) in [6, 6.07) is 8.40. The minimum atomic E-state index is -0.733. The number of carboxylic acids is 1. The second-order valence-corrected chi connectivity index (χ2v) is 5.20. The van der Waals surface area contributed by atoms with Crippen molar-refractivity contribution in [1.82, 2.24) is 4.57 Å². The van der Waals surface area contributed by atoms with E-state index in [-0.39, 0.29) is 6.42 Å². The highest BCUT2D eigenvalue weighted by Gasteiger charge is 2.22. The number of rotatable bonds is 5. The van der Waals surface area contributed by atoms with Crippen LogP contribution in [0.25, 0.3) is 10.9 Å². The van der Waals surface area contributed by atoms with E-state index in [1.165, 1.54) is 23.7 Å². The first kappa shape index (κ1) is 11.3. The summed E-state index contributed by atoms with van der Waals surface area (Å²) in [5, 5.41) is 9.97. The number of aryl methyl sites for hydroxylation is 1. The maximum atomic E-state index is 10.6. The number of hydrogen-bond donors (Lipinski definition) is 1. The lowest BCUT2D eigenvalue weighted by molar-refractivity contribution is -0.136. The molecule has 3 rings (SSSR count). The van der Waals surface area contributed by atoms with Gasteiger partial charge in [0.25, 0.3) is 0 Å². The summed E-state index contributed by atoms with van der Waals surface area (Å²) in [6.07, 6.45) is 5.65. The number of nitrogens with zero attached hydrogens (tertiary/aromatic N) is 1. The van der Waals surface area contributed by atoms with Crippen LogP contribution < -0.4 is 0 Å². The third kappa shape index (κ3) is 2.40. The minimum absolute atomic E-state index is 0.203. The first-order valence-corrected chi connectivity index (χ1v) is 6.52. The zero-order chi connectivity index (χ0) is 12.5. The number of aromatic nitrogens is 1. The fourth-order valence-corrected chi connectivity index (χ4v) is 2.37. The molecule has 3 nitrogen and oxygen atoms in total. The van der Waals surface area contributed by atoms with Crippen molar-refractivity contribution in [2.75, 3.05) is 0 Å². The first-order chi connectivity index (χ1) is 8.72. The maximum Gasteiger partial charge on any atom is 0.303 e. The molecule has 1 aliphatic carbocycles. The molecule has 0 spiro atoms. The summed E-state index contributed by atoms with van der Waals surface area (Å²) < 4.78 is 2.30. The predicted molar refractivity (Wildman–Crippen MR) is 70.6 cm³/mol. The van der Waals surface area contributed by atoms with Crippen LogP contribution in [-0.4, -0.2) is 15.6 Å². The largest absolute Gasteiger partial charge is 0.481 e. The molecule has 1 heterocycles. The Morgan fingerprint density at radius 1 is 1.33 bits per heavy atom. The summed E-state index contributed by atoms with van der Waals surface area (Å²) in [6.45, 7) is 1.10. The van der Waals surface area contributed by atoms with Crippen LogP contribution >= 0.6 is 0 Å². The van der Waals surface area contributed by atoms with Gasteiger partial charge >= 0.3 is 5.97 Å². The monoisotopic (exact) mass is 243 g/mol. The van der Waals surface area contributed by atoms with E-state index in [1.807, 2.05) is 6.07 Å². The van der Waals surface area contributed by atoms with Crippen LogP contribution in [0, 0.1) is 5.92 Å². The average molecular weight is 243 g/mol. The molecular formula is C15H17NO2. The van der Waals surface area contributed by atoms with Crippen LogP contribution in [-0.2, 0) is 17.8 Å². The second kappa shape index (κ2) is 4.48. The SMILES string of the molecule is O=C(O)CCc1ccc2ccn(CC3CC3)c2c1. The normalized spacial score (nSPS) is 15.1. The highest BCUT2D eigenvalue weighted by Crippen LogP contribution is 2.32. The molecule has 18 heavy (non-hydrogen) atoms. The third-order valence-corrected chi connectivity index (χ3v) is 3.62. The van der Waals surface area contributed by atoms with Gasteiger partial charge in [-0.3, -0.25) is 4.79 Å². The van der Waals surface area contributed by atoms with E-state index in [4.69, 9.17) is 5.11 Å². The molecule has 0 aliphatic heterocycles. The molecule has 0 atom stereocenters. The van der Waals surface area contributed by atoms with E-state index in [1.54, 1.807) is 0 Å². The molecular weight excluding hydrogens is 226 g/mol. The van der Waals surface area contributed by atoms with Gasteiger partial charge in [-0.05, 0) is 48.3 Å². The standard InChI is InChI=1S/C15H17NO2/c17-15(18)6-4-11-3-5-13-7-8-16(14(13)9-11)10-12-1-2-12/h3,5,7-9,12H,1-2,4,6,10H2,(H,17,18). The Hall–Kier alpha value is -1.77. The molecule has 0 saturated heterocycles. The highest BCUT2D eigenvalue weighted by atomic mass is 16.4. The highest BCUT2D eigenvalue weighted by molar-refractivity contribution is 5.81. The Morgan fingerprint density at radius 2 is 2.17 bits per heavy atom. The van der Waals surface area contributed by atoms with Gasteiger partial charge in [0, 0.05) is 24.7 Å². The van der Waals surface area contributed by atoms with Crippen LogP contribution in [0.1, 0.15) is 24.8 Å². The van der Waals surface area contributed by atoms with Gasteiger partial charge in [-0.1, -0.05) is 12.1 Å². The molecule has 0 bridgehead atoms. The van der Waals surface area contributed by atoms with Crippen molar-refractivity contribution < 1.29 is 9.90 Å². The number of carboxylic acid groups (broad SMARTS) is 1. The third-order valence-electron chi connectivity index (χ3n) is 3.62. The van der Waals surface area contributed by atoms with E-state index >= 15 is 0 Å². The van der Waals surface area contributed by atoms with Crippen molar-refractivity contribution in [1.29, 1.82) is 0 Å². The molecule has 0 radical (unpaired) electrons. The van der Waals surface area contributed by atoms with Gasteiger partial charge in [0.15, 0.2) is 0 Å². The van der Waals surface area contributed by atoms with E-state index in [0.29, 0.717) is 6.42 Å². The summed E-state index contributed by atoms with van der Waals surface area (Å²) in [5.74, 6) is 0.117. The van der Waals surface area contributed by atoms with Gasteiger partial charge in [0.1, 0.15) is 0 Å². The molecule has 0 unspecified atom stereocenters. The van der Waals surface area contributed by atoms with Crippen molar-refractivity contribution in [3.63, 3.8) is 0 Å². The Kier molecular flexibility index (Phi) is 2.82. The Labute approximate surface area is 106 Å². The van der Waals surface area contributed by atoms with E-state index in [2.05, 4.69) is 29.0 Å². The molecule has 1 fully saturated rings. The molecule has 1 aromatic heterocycles. The quantitative estimate of drug-likeness (QED) is 0.877.